The number of aliphatic hydroxyl groups is 1. The van der Waals surface area contributed by atoms with Crippen molar-refractivity contribution in [3.8, 4) is 0 Å². The Morgan fingerprint density at radius 1 is 1.21 bits per heavy atom. The molecule has 14 heavy (non-hydrogen) atoms. The largest absolute Gasteiger partial charge is 0.396 e. The van der Waals surface area contributed by atoms with Crippen molar-refractivity contribution in [2.45, 2.75) is 57.9 Å². The minimum absolute atomic E-state index is 0.368. The molecule has 2 N–H and O–H groups in total. The normalized spacial score (nSPS) is 27.0. The Labute approximate surface area is 88.1 Å². The van der Waals surface area contributed by atoms with Gasteiger partial charge >= 0.3 is 0 Å². The van der Waals surface area contributed by atoms with Gasteiger partial charge in [-0.2, -0.15) is 0 Å². The molecule has 0 aromatic rings. The molecule has 1 aliphatic carbocycles. The summed E-state index contributed by atoms with van der Waals surface area (Å²) in [4.78, 5) is 0. The maximum atomic E-state index is 9.14. The summed E-state index contributed by atoms with van der Waals surface area (Å²) in [7, 11) is 0. The van der Waals surface area contributed by atoms with Crippen molar-refractivity contribution in [1.82, 2.24) is 5.32 Å². The van der Waals surface area contributed by atoms with Gasteiger partial charge in [-0.1, -0.05) is 32.6 Å². The van der Waals surface area contributed by atoms with Gasteiger partial charge in [0.25, 0.3) is 0 Å². The van der Waals surface area contributed by atoms with Gasteiger partial charge in [0.05, 0.1) is 0 Å². The molecule has 84 valence electrons. The highest BCUT2D eigenvalue weighted by molar-refractivity contribution is 4.82. The van der Waals surface area contributed by atoms with Gasteiger partial charge < -0.3 is 10.4 Å². The zero-order valence-electron chi connectivity index (χ0n) is 9.47. The van der Waals surface area contributed by atoms with Crippen molar-refractivity contribution in [3.63, 3.8) is 0 Å². The van der Waals surface area contributed by atoms with E-state index in [2.05, 4.69) is 12.2 Å². The summed E-state index contributed by atoms with van der Waals surface area (Å²) < 4.78 is 0. The molecule has 2 heteroatoms. The average Bonchev–Trinajstić information content (AvgIpc) is 2.65. The molecular weight excluding hydrogens is 174 g/mol. The van der Waals surface area contributed by atoms with E-state index in [4.69, 9.17) is 5.11 Å². The zero-order chi connectivity index (χ0) is 10.2. The highest BCUT2D eigenvalue weighted by Gasteiger charge is 2.25. The standard InChI is InChI=1S/C12H25NO/c1-2-3-4-5-9-13-12-8-6-7-11(12)10-14/h11-14H,2-10H2,1H3. The number of rotatable bonds is 7. The molecular formula is C12H25NO. The first kappa shape index (κ1) is 12.0. The van der Waals surface area contributed by atoms with Crippen LogP contribution in [-0.2, 0) is 0 Å². The van der Waals surface area contributed by atoms with E-state index < -0.39 is 0 Å². The molecule has 0 heterocycles. The van der Waals surface area contributed by atoms with E-state index in [-0.39, 0.29) is 0 Å². The zero-order valence-corrected chi connectivity index (χ0v) is 9.47. The Kier molecular flexibility index (Phi) is 6.20. The lowest BCUT2D eigenvalue weighted by molar-refractivity contribution is 0.205. The van der Waals surface area contributed by atoms with Gasteiger partial charge in [0, 0.05) is 12.6 Å². The topological polar surface area (TPSA) is 32.3 Å². The number of hydrogen-bond donors (Lipinski definition) is 2. The fraction of sp³-hybridized carbons (Fsp3) is 1.00. The third-order valence-corrected chi connectivity index (χ3v) is 3.33. The van der Waals surface area contributed by atoms with Crippen LogP contribution in [0, 0.1) is 5.92 Å². The predicted octanol–water partition coefficient (Wildman–Crippen LogP) is 2.32. The Balaban J connectivity index is 2.00. The van der Waals surface area contributed by atoms with Crippen molar-refractivity contribution in [1.29, 1.82) is 0 Å². The summed E-state index contributed by atoms with van der Waals surface area (Å²) >= 11 is 0. The summed E-state index contributed by atoms with van der Waals surface area (Å²) in [5, 5.41) is 12.7. The van der Waals surface area contributed by atoms with Crippen LogP contribution >= 0.6 is 0 Å². The van der Waals surface area contributed by atoms with Crippen LogP contribution in [0.5, 0.6) is 0 Å². The van der Waals surface area contributed by atoms with Crippen LogP contribution in [0.4, 0.5) is 0 Å². The highest BCUT2D eigenvalue weighted by Crippen LogP contribution is 2.24. The molecule has 0 aromatic heterocycles. The van der Waals surface area contributed by atoms with Crippen molar-refractivity contribution in [2.75, 3.05) is 13.2 Å². The summed E-state index contributed by atoms with van der Waals surface area (Å²) in [5.74, 6) is 0.529. The van der Waals surface area contributed by atoms with Crippen LogP contribution < -0.4 is 5.32 Å². The minimum Gasteiger partial charge on any atom is -0.396 e. The molecule has 2 nitrogen and oxygen atoms in total. The Morgan fingerprint density at radius 2 is 2.07 bits per heavy atom. The van der Waals surface area contributed by atoms with Crippen molar-refractivity contribution < 1.29 is 5.11 Å². The van der Waals surface area contributed by atoms with Gasteiger partial charge in [-0.3, -0.25) is 0 Å². The maximum absolute atomic E-state index is 9.14. The molecule has 1 saturated carbocycles. The molecule has 2 atom stereocenters. The van der Waals surface area contributed by atoms with E-state index in [1.165, 1.54) is 44.9 Å². The molecule has 2 unspecified atom stereocenters. The molecule has 0 amide bonds. The third kappa shape index (κ3) is 3.97. The first-order chi connectivity index (χ1) is 6.88. The molecule has 0 aliphatic heterocycles. The molecule has 1 fully saturated rings. The van der Waals surface area contributed by atoms with E-state index in [9.17, 15) is 0 Å². The van der Waals surface area contributed by atoms with Crippen LogP contribution in [0.2, 0.25) is 0 Å². The first-order valence-corrected chi connectivity index (χ1v) is 6.22. The second-order valence-electron chi connectivity index (χ2n) is 4.49. The van der Waals surface area contributed by atoms with Crippen LogP contribution in [0.15, 0.2) is 0 Å². The average molecular weight is 199 g/mol. The Bertz CT molecular complexity index is 138. The smallest absolute Gasteiger partial charge is 0.0474 e. The van der Waals surface area contributed by atoms with E-state index in [0.29, 0.717) is 18.6 Å². The third-order valence-electron chi connectivity index (χ3n) is 3.33. The number of aliphatic hydroxyl groups excluding tert-OH is 1. The second-order valence-corrected chi connectivity index (χ2v) is 4.49. The highest BCUT2D eigenvalue weighted by atomic mass is 16.3. The predicted molar refractivity (Wildman–Crippen MR) is 60.4 cm³/mol. The Hall–Kier alpha value is -0.0800. The first-order valence-electron chi connectivity index (χ1n) is 6.22. The fourth-order valence-electron chi connectivity index (χ4n) is 2.36. The minimum atomic E-state index is 0.368. The van der Waals surface area contributed by atoms with Crippen molar-refractivity contribution in [3.05, 3.63) is 0 Å². The molecule has 1 aliphatic rings. The molecule has 0 aromatic carbocycles. The number of hydrogen-bond acceptors (Lipinski definition) is 2. The quantitative estimate of drug-likeness (QED) is 0.617. The van der Waals surface area contributed by atoms with E-state index >= 15 is 0 Å². The molecule has 1 rings (SSSR count). The van der Waals surface area contributed by atoms with Crippen molar-refractivity contribution in [2.24, 2.45) is 5.92 Å². The fourth-order valence-corrected chi connectivity index (χ4v) is 2.36. The summed E-state index contributed by atoms with van der Waals surface area (Å²) in [6, 6.07) is 0.599. The van der Waals surface area contributed by atoms with Crippen LogP contribution in [-0.4, -0.2) is 24.3 Å². The lowest BCUT2D eigenvalue weighted by Gasteiger charge is -2.18. The van der Waals surface area contributed by atoms with Gasteiger partial charge in [-0.25, -0.2) is 0 Å². The Morgan fingerprint density at radius 3 is 2.79 bits per heavy atom. The van der Waals surface area contributed by atoms with E-state index in [0.717, 1.165) is 6.54 Å². The summed E-state index contributed by atoms with van der Waals surface area (Å²) in [5.41, 5.74) is 0. The van der Waals surface area contributed by atoms with Gasteiger partial charge in [-0.05, 0) is 31.7 Å². The van der Waals surface area contributed by atoms with Gasteiger partial charge in [0.2, 0.25) is 0 Å². The number of nitrogens with one attached hydrogen (secondary N) is 1. The SMILES string of the molecule is CCCCCCNC1CCCC1CO. The maximum Gasteiger partial charge on any atom is 0.0474 e. The summed E-state index contributed by atoms with van der Waals surface area (Å²) in [6.07, 6.45) is 9.07. The molecule has 0 spiro atoms. The number of unbranched alkanes of at least 4 members (excludes halogenated alkanes) is 3. The monoisotopic (exact) mass is 199 g/mol. The second kappa shape index (κ2) is 7.24. The van der Waals surface area contributed by atoms with Crippen LogP contribution in [0.25, 0.3) is 0 Å². The van der Waals surface area contributed by atoms with Crippen molar-refractivity contribution >= 4 is 0 Å². The molecule has 0 saturated heterocycles. The van der Waals surface area contributed by atoms with E-state index in [1.807, 2.05) is 0 Å². The van der Waals surface area contributed by atoms with Crippen LogP contribution in [0.1, 0.15) is 51.9 Å². The van der Waals surface area contributed by atoms with Gasteiger partial charge in [0.1, 0.15) is 0 Å². The molecule has 0 radical (unpaired) electrons. The summed E-state index contributed by atoms with van der Waals surface area (Å²) in [6.45, 7) is 3.75. The van der Waals surface area contributed by atoms with Gasteiger partial charge in [-0.15, -0.1) is 0 Å². The van der Waals surface area contributed by atoms with Crippen LogP contribution in [0.3, 0.4) is 0 Å². The lowest BCUT2D eigenvalue weighted by Crippen LogP contribution is -2.34. The lowest BCUT2D eigenvalue weighted by atomic mass is 10.0. The van der Waals surface area contributed by atoms with E-state index in [1.54, 1.807) is 0 Å². The molecule has 0 bridgehead atoms. The van der Waals surface area contributed by atoms with Gasteiger partial charge in [0.15, 0.2) is 0 Å².